The lowest BCUT2D eigenvalue weighted by atomic mass is 9.77. The fraction of sp³-hybridized carbons (Fsp3) is 0.128. The molecule has 0 unspecified atom stereocenters. The molecule has 2 N–H and O–H groups in total. The van der Waals surface area contributed by atoms with E-state index in [-0.39, 0.29) is 24.6 Å². The first kappa shape index (κ1) is 39.1. The summed E-state index contributed by atoms with van der Waals surface area (Å²) in [7, 11) is 3.25. The quantitative estimate of drug-likeness (QED) is 0.0497. The molecule has 11 heteroatoms. The standard InChI is InChI=1S/C47H41N3O7S/c1-53-39-23-18-33(19-24-39)29-55-42-27-22-35(28-43(42)56-30-34-20-25-40(54-2)26-21-34)31-57-50-44(45(51)52)41-32-58-46(48-41)49-47(36-12-6-3-7-13-36,37-14-8-4-9-15-37)38-16-10-5-11-17-38/h3-28,32H,29-31H2,1-2H3,(H,48,49)(H,51,52)/b50-44-. The molecule has 0 amide bonds. The van der Waals surface area contributed by atoms with E-state index >= 15 is 0 Å². The highest BCUT2D eigenvalue weighted by atomic mass is 32.1. The van der Waals surface area contributed by atoms with Crippen LogP contribution in [-0.2, 0) is 35.0 Å². The van der Waals surface area contributed by atoms with Gasteiger partial charge in [-0.1, -0.05) is 126 Å². The van der Waals surface area contributed by atoms with E-state index in [0.717, 1.165) is 39.3 Å². The first-order valence-corrected chi connectivity index (χ1v) is 19.3. The second-order valence-corrected chi connectivity index (χ2v) is 13.9. The van der Waals surface area contributed by atoms with Crippen LogP contribution in [-0.4, -0.2) is 36.0 Å². The molecule has 0 aliphatic carbocycles. The Balaban J connectivity index is 1.11. The van der Waals surface area contributed by atoms with Gasteiger partial charge in [-0.25, -0.2) is 9.78 Å². The number of hydrogen-bond donors (Lipinski definition) is 2. The summed E-state index contributed by atoms with van der Waals surface area (Å²) < 4.78 is 23.0. The lowest BCUT2D eigenvalue weighted by molar-refractivity contribution is -0.129. The minimum absolute atomic E-state index is 0.0389. The predicted octanol–water partition coefficient (Wildman–Crippen LogP) is 9.73. The van der Waals surface area contributed by atoms with Crippen molar-refractivity contribution in [1.82, 2.24) is 4.98 Å². The van der Waals surface area contributed by atoms with Gasteiger partial charge in [0.25, 0.3) is 0 Å². The van der Waals surface area contributed by atoms with E-state index in [0.29, 0.717) is 28.8 Å². The molecule has 58 heavy (non-hydrogen) atoms. The first-order valence-electron chi connectivity index (χ1n) is 18.4. The number of carboxylic acid groups (broad SMARTS) is 1. The van der Waals surface area contributed by atoms with Crippen LogP contribution in [0.2, 0.25) is 0 Å². The molecule has 7 aromatic rings. The number of thiazole rings is 1. The molecule has 0 atom stereocenters. The summed E-state index contributed by atoms with van der Waals surface area (Å²) in [5.41, 5.74) is 4.54. The fourth-order valence-electron chi connectivity index (χ4n) is 6.39. The second kappa shape index (κ2) is 18.7. The van der Waals surface area contributed by atoms with E-state index in [2.05, 4.69) is 46.9 Å². The van der Waals surface area contributed by atoms with E-state index in [1.54, 1.807) is 31.7 Å². The third-order valence-electron chi connectivity index (χ3n) is 9.37. The number of nitrogens with one attached hydrogen (secondary N) is 1. The number of hydrogen-bond acceptors (Lipinski definition) is 10. The first-order chi connectivity index (χ1) is 28.4. The molecule has 292 valence electrons. The van der Waals surface area contributed by atoms with Gasteiger partial charge in [-0.15, -0.1) is 11.3 Å². The molecule has 0 saturated heterocycles. The van der Waals surface area contributed by atoms with Crippen LogP contribution in [0.5, 0.6) is 23.0 Å². The summed E-state index contributed by atoms with van der Waals surface area (Å²) >= 11 is 1.28. The Morgan fingerprint density at radius 1 is 0.638 bits per heavy atom. The number of carbonyl (C=O) groups is 1. The maximum atomic E-state index is 12.6. The molecule has 6 aromatic carbocycles. The minimum atomic E-state index is -1.27. The number of carboxylic acids is 1. The normalized spacial score (nSPS) is 11.4. The maximum Gasteiger partial charge on any atom is 0.360 e. The molecule has 0 radical (unpaired) electrons. The Morgan fingerprint density at radius 2 is 1.12 bits per heavy atom. The summed E-state index contributed by atoms with van der Waals surface area (Å²) in [6.45, 7) is 0.538. The van der Waals surface area contributed by atoms with Gasteiger partial charge >= 0.3 is 5.97 Å². The van der Waals surface area contributed by atoms with E-state index in [1.165, 1.54) is 11.3 Å². The van der Waals surface area contributed by atoms with Crippen LogP contribution in [0.1, 0.15) is 39.1 Å². The predicted molar refractivity (Wildman–Crippen MR) is 225 cm³/mol. The molecular weight excluding hydrogens is 751 g/mol. The van der Waals surface area contributed by atoms with E-state index in [9.17, 15) is 9.90 Å². The van der Waals surface area contributed by atoms with Crippen molar-refractivity contribution in [3.63, 3.8) is 0 Å². The van der Waals surface area contributed by atoms with Crippen LogP contribution in [0.25, 0.3) is 0 Å². The van der Waals surface area contributed by atoms with Crippen LogP contribution in [0.3, 0.4) is 0 Å². The van der Waals surface area contributed by atoms with Gasteiger partial charge in [-0.3, -0.25) is 0 Å². The Morgan fingerprint density at radius 3 is 1.60 bits per heavy atom. The SMILES string of the molecule is COc1ccc(COc2ccc(CO/N=C(\C(=O)O)c3csc(NC(c4ccccc4)(c4ccccc4)c4ccccc4)n3)cc2OCc2ccc(OC)cc2)cc1. The Bertz CT molecular complexity index is 2330. The highest BCUT2D eigenvalue weighted by Crippen LogP contribution is 2.40. The summed E-state index contributed by atoms with van der Waals surface area (Å²) in [5, 5.41) is 20.2. The summed E-state index contributed by atoms with van der Waals surface area (Å²) in [5.74, 6) is 1.25. The number of rotatable bonds is 18. The van der Waals surface area contributed by atoms with Crippen molar-refractivity contribution in [2.24, 2.45) is 5.16 Å². The van der Waals surface area contributed by atoms with Crippen molar-refractivity contribution >= 4 is 28.1 Å². The van der Waals surface area contributed by atoms with E-state index in [4.69, 9.17) is 28.8 Å². The van der Waals surface area contributed by atoms with Gasteiger partial charge in [-0.05, 0) is 69.8 Å². The number of aromatic nitrogens is 1. The third-order valence-corrected chi connectivity index (χ3v) is 10.1. The number of methoxy groups -OCH3 is 2. The Hall–Kier alpha value is -7.11. The lowest BCUT2D eigenvalue weighted by Crippen LogP contribution is -2.38. The van der Waals surface area contributed by atoms with E-state index < -0.39 is 11.5 Å². The number of benzene rings is 6. The monoisotopic (exact) mass is 791 g/mol. The van der Waals surface area contributed by atoms with Crippen molar-refractivity contribution in [2.75, 3.05) is 19.5 Å². The van der Waals surface area contributed by atoms with E-state index in [1.807, 2.05) is 109 Å². The minimum Gasteiger partial charge on any atom is -0.497 e. The third kappa shape index (κ3) is 9.29. The molecular formula is C47H41N3O7S. The van der Waals surface area contributed by atoms with Gasteiger partial charge in [-0.2, -0.15) is 0 Å². The van der Waals surface area contributed by atoms with Crippen LogP contribution >= 0.6 is 11.3 Å². The second-order valence-electron chi connectivity index (χ2n) is 13.1. The van der Waals surface area contributed by atoms with Crippen molar-refractivity contribution < 1.29 is 33.7 Å². The van der Waals surface area contributed by atoms with Crippen molar-refractivity contribution in [3.8, 4) is 23.0 Å². The molecule has 0 saturated carbocycles. The zero-order chi connectivity index (χ0) is 40.2. The molecule has 0 aliphatic rings. The zero-order valence-corrected chi connectivity index (χ0v) is 32.7. The molecule has 10 nitrogen and oxygen atoms in total. The maximum absolute atomic E-state index is 12.6. The highest BCUT2D eigenvalue weighted by molar-refractivity contribution is 7.14. The molecule has 0 fully saturated rings. The average molecular weight is 792 g/mol. The number of aliphatic carboxylic acids is 1. The molecule has 0 spiro atoms. The molecule has 7 rings (SSSR count). The average Bonchev–Trinajstić information content (AvgIpc) is 3.74. The topological polar surface area (TPSA) is 121 Å². The van der Waals surface area contributed by atoms with Crippen LogP contribution in [0.15, 0.2) is 168 Å². The van der Waals surface area contributed by atoms with Crippen LogP contribution < -0.4 is 24.3 Å². The van der Waals surface area contributed by atoms with Gasteiger partial charge in [0.2, 0.25) is 5.71 Å². The zero-order valence-electron chi connectivity index (χ0n) is 31.9. The van der Waals surface area contributed by atoms with Crippen molar-refractivity contribution in [1.29, 1.82) is 0 Å². The van der Waals surface area contributed by atoms with Crippen molar-refractivity contribution in [2.45, 2.75) is 25.4 Å². The number of oxime groups is 1. The molecule has 1 heterocycles. The van der Waals surface area contributed by atoms with Gasteiger partial charge in [0.15, 0.2) is 16.6 Å². The Kier molecular flexibility index (Phi) is 12.6. The van der Waals surface area contributed by atoms with Gasteiger partial charge in [0, 0.05) is 5.38 Å². The number of nitrogens with zero attached hydrogens (tertiary/aromatic N) is 2. The molecule has 0 bridgehead atoms. The smallest absolute Gasteiger partial charge is 0.360 e. The highest BCUT2D eigenvalue weighted by Gasteiger charge is 2.37. The lowest BCUT2D eigenvalue weighted by Gasteiger charge is -2.36. The largest absolute Gasteiger partial charge is 0.497 e. The van der Waals surface area contributed by atoms with Gasteiger partial charge in [0.1, 0.15) is 42.6 Å². The fourth-order valence-corrected chi connectivity index (χ4v) is 7.14. The molecule has 0 aliphatic heterocycles. The van der Waals surface area contributed by atoms with Gasteiger partial charge < -0.3 is 34.2 Å². The van der Waals surface area contributed by atoms with Crippen LogP contribution in [0.4, 0.5) is 5.13 Å². The Labute approximate surface area is 340 Å². The summed E-state index contributed by atoms with van der Waals surface area (Å²) in [4.78, 5) is 23.0. The van der Waals surface area contributed by atoms with Crippen LogP contribution in [0, 0.1) is 0 Å². The summed E-state index contributed by atoms with van der Waals surface area (Å²) in [6.07, 6.45) is 0. The molecule has 1 aromatic heterocycles. The van der Waals surface area contributed by atoms with Crippen molar-refractivity contribution in [3.05, 3.63) is 202 Å². The van der Waals surface area contributed by atoms with Gasteiger partial charge in [0.05, 0.1) is 14.2 Å². The number of ether oxygens (including phenoxy) is 4. The summed E-state index contributed by atoms with van der Waals surface area (Å²) in [6, 6.07) is 50.9. The number of anilines is 1.